The van der Waals surface area contributed by atoms with Gasteiger partial charge in [0.2, 0.25) is 0 Å². The molecule has 50 heavy (non-hydrogen) atoms. The predicted molar refractivity (Wildman–Crippen MR) is 201 cm³/mol. The largest absolute Gasteiger partial charge is 0.494 e. The maximum atomic E-state index is 14.9. The zero-order chi connectivity index (χ0) is 35.6. The molecule has 6 aromatic rings. The Morgan fingerprint density at radius 1 is 0.980 bits per heavy atom. The average molecular weight is 710 g/mol. The van der Waals surface area contributed by atoms with Gasteiger partial charge in [-0.05, 0) is 106 Å². The molecule has 4 aromatic carbocycles. The van der Waals surface area contributed by atoms with Gasteiger partial charge >= 0.3 is 5.97 Å². The van der Waals surface area contributed by atoms with Crippen LogP contribution in [0, 0.1) is 27.7 Å². The molecule has 1 amide bonds. The molecule has 10 heteroatoms. The maximum absolute atomic E-state index is 14.9. The van der Waals surface area contributed by atoms with Gasteiger partial charge in [0.25, 0.3) is 5.91 Å². The molecule has 1 N–H and O–H groups in total. The first-order valence-electron chi connectivity index (χ1n) is 16.7. The molecule has 8 nitrogen and oxygen atoms in total. The molecule has 2 aromatic heterocycles. The van der Waals surface area contributed by atoms with E-state index in [1.807, 2.05) is 81.9 Å². The molecular weight excluding hydrogens is 671 g/mol. The van der Waals surface area contributed by atoms with E-state index in [0.29, 0.717) is 47.8 Å². The van der Waals surface area contributed by atoms with Crippen molar-refractivity contribution in [1.82, 2.24) is 14.3 Å². The van der Waals surface area contributed by atoms with Crippen molar-refractivity contribution in [3.8, 4) is 16.9 Å². The number of hydrogen-bond donors (Lipinski definition) is 1. The number of hydrogen-bond acceptors (Lipinski definition) is 4. The van der Waals surface area contributed by atoms with Crippen LogP contribution in [0.25, 0.3) is 32.8 Å². The number of ether oxygens (including phenoxy) is 1. The third kappa shape index (κ3) is 5.51. The van der Waals surface area contributed by atoms with Gasteiger partial charge < -0.3 is 19.3 Å². The van der Waals surface area contributed by atoms with Crippen LogP contribution in [0.5, 0.6) is 5.75 Å². The lowest BCUT2D eigenvalue weighted by atomic mass is 9.98. The second kappa shape index (κ2) is 12.8. The summed E-state index contributed by atoms with van der Waals surface area (Å²) in [7, 11) is 1.92. The second-order valence-electron chi connectivity index (χ2n) is 13.3. The normalized spacial score (nSPS) is 14.5. The van der Waals surface area contributed by atoms with E-state index >= 15 is 0 Å². The number of aromatic carboxylic acids is 1. The van der Waals surface area contributed by atoms with Crippen molar-refractivity contribution >= 4 is 62.4 Å². The van der Waals surface area contributed by atoms with Gasteiger partial charge in [-0.2, -0.15) is 5.10 Å². The number of fused-ring (bicyclic) bond motifs is 4. The minimum Gasteiger partial charge on any atom is -0.494 e. The fourth-order valence-electron chi connectivity index (χ4n) is 7.56. The van der Waals surface area contributed by atoms with Crippen LogP contribution in [-0.2, 0) is 13.5 Å². The number of amides is 1. The fraction of sp³-hybridized carbons (Fsp3) is 0.275. The van der Waals surface area contributed by atoms with Crippen molar-refractivity contribution in [2.24, 2.45) is 7.05 Å². The van der Waals surface area contributed by atoms with E-state index < -0.39 is 5.97 Å². The standard InChI is InChI=1S/C40H38Cl2N4O4/c1-21-17-28(18-22(2)36(21)42)50-16-8-10-29-30-14-15-32(41)35(34-24(4)43-44(6)25(34)5)37(30)46-23(3)20-45(39(47)38(29)46)33-11-7-9-26-12-13-27(40(48)49)19-31(26)33/h7,9,11-15,17-19,23H,8,10,16,20H2,1-6H3,(H,48,49)/t23-/m1/s1. The first-order chi connectivity index (χ1) is 23.9. The zero-order valence-electron chi connectivity index (χ0n) is 28.9. The average Bonchev–Trinajstić information content (AvgIpc) is 3.55. The summed E-state index contributed by atoms with van der Waals surface area (Å²) in [6.07, 6.45) is 1.25. The Labute approximate surface area is 300 Å². The number of carbonyl (C=O) groups is 2. The van der Waals surface area contributed by atoms with E-state index in [9.17, 15) is 14.7 Å². The van der Waals surface area contributed by atoms with Crippen molar-refractivity contribution in [2.75, 3.05) is 18.1 Å². The van der Waals surface area contributed by atoms with Gasteiger partial charge in [-0.25, -0.2) is 4.79 Å². The highest BCUT2D eigenvalue weighted by Crippen LogP contribution is 2.45. The highest BCUT2D eigenvalue weighted by molar-refractivity contribution is 6.35. The van der Waals surface area contributed by atoms with E-state index in [0.717, 1.165) is 66.3 Å². The van der Waals surface area contributed by atoms with Crippen molar-refractivity contribution in [3.63, 3.8) is 0 Å². The van der Waals surface area contributed by atoms with E-state index in [1.54, 1.807) is 23.1 Å². The number of benzene rings is 4. The molecule has 0 saturated carbocycles. The molecule has 0 fully saturated rings. The van der Waals surface area contributed by atoms with Gasteiger partial charge in [0, 0.05) is 52.3 Å². The summed E-state index contributed by atoms with van der Waals surface area (Å²) in [5.41, 5.74) is 8.89. The van der Waals surface area contributed by atoms with Gasteiger partial charge in [-0.15, -0.1) is 0 Å². The Kier molecular flexibility index (Phi) is 8.65. The van der Waals surface area contributed by atoms with Crippen LogP contribution in [0.2, 0.25) is 10.0 Å². The van der Waals surface area contributed by atoms with Gasteiger partial charge in [0.05, 0.1) is 34.1 Å². The van der Waals surface area contributed by atoms with Crippen LogP contribution in [-0.4, -0.2) is 44.5 Å². The number of carboxylic acids is 1. The molecule has 1 aliphatic rings. The van der Waals surface area contributed by atoms with Crippen LogP contribution < -0.4 is 9.64 Å². The number of nitrogens with zero attached hydrogens (tertiary/aromatic N) is 4. The molecule has 1 atom stereocenters. The van der Waals surface area contributed by atoms with Crippen LogP contribution in [0.15, 0.2) is 60.7 Å². The minimum atomic E-state index is -1.01. The Morgan fingerprint density at radius 2 is 1.72 bits per heavy atom. The van der Waals surface area contributed by atoms with Crippen LogP contribution in [0.1, 0.15) is 68.3 Å². The van der Waals surface area contributed by atoms with Crippen molar-refractivity contribution in [3.05, 3.63) is 110 Å². The van der Waals surface area contributed by atoms with Crippen molar-refractivity contribution in [2.45, 2.75) is 53.5 Å². The fourth-order valence-corrected chi connectivity index (χ4v) is 7.92. The van der Waals surface area contributed by atoms with Gasteiger partial charge in [-0.3, -0.25) is 9.48 Å². The summed E-state index contributed by atoms with van der Waals surface area (Å²) in [6, 6.07) is 18.5. The molecule has 0 radical (unpaired) electrons. The molecule has 0 unspecified atom stereocenters. The van der Waals surface area contributed by atoms with Crippen LogP contribution in [0.4, 0.5) is 5.69 Å². The van der Waals surface area contributed by atoms with Crippen LogP contribution >= 0.6 is 23.2 Å². The molecule has 7 rings (SSSR count). The van der Waals surface area contributed by atoms with Crippen LogP contribution in [0.3, 0.4) is 0 Å². The molecule has 0 saturated heterocycles. The van der Waals surface area contributed by atoms with Gasteiger partial charge in [0.1, 0.15) is 11.4 Å². The number of rotatable bonds is 8. The Morgan fingerprint density at radius 3 is 2.40 bits per heavy atom. The molecule has 3 heterocycles. The summed E-state index contributed by atoms with van der Waals surface area (Å²) in [4.78, 5) is 28.7. The zero-order valence-corrected chi connectivity index (χ0v) is 30.4. The van der Waals surface area contributed by atoms with E-state index in [-0.39, 0.29) is 17.5 Å². The topological polar surface area (TPSA) is 89.6 Å². The predicted octanol–water partition coefficient (Wildman–Crippen LogP) is 9.67. The monoisotopic (exact) mass is 708 g/mol. The first-order valence-corrected chi connectivity index (χ1v) is 17.5. The molecule has 256 valence electrons. The maximum Gasteiger partial charge on any atom is 0.335 e. The number of halogens is 2. The number of carbonyl (C=O) groups excluding carboxylic acids is 1. The lowest BCUT2D eigenvalue weighted by molar-refractivity contribution is 0.0696. The first kappa shape index (κ1) is 33.7. The highest BCUT2D eigenvalue weighted by atomic mass is 35.5. The smallest absolute Gasteiger partial charge is 0.335 e. The van der Waals surface area contributed by atoms with Gasteiger partial charge in [0.15, 0.2) is 0 Å². The van der Waals surface area contributed by atoms with Crippen molar-refractivity contribution < 1.29 is 19.4 Å². The molecule has 0 aliphatic carbocycles. The number of carboxylic acid groups (broad SMARTS) is 1. The molecule has 1 aliphatic heterocycles. The number of anilines is 1. The highest BCUT2D eigenvalue weighted by Gasteiger charge is 2.37. The third-order valence-corrected chi connectivity index (χ3v) is 10.9. The molecule has 0 bridgehead atoms. The van der Waals surface area contributed by atoms with E-state index in [1.165, 1.54) is 0 Å². The third-order valence-electron chi connectivity index (χ3n) is 9.96. The second-order valence-corrected chi connectivity index (χ2v) is 14.1. The molecule has 0 spiro atoms. The van der Waals surface area contributed by atoms with Gasteiger partial charge in [-0.1, -0.05) is 47.5 Å². The Bertz CT molecular complexity index is 2350. The lowest BCUT2D eigenvalue weighted by Crippen LogP contribution is -2.42. The molecular formula is C40H38Cl2N4O4. The summed E-state index contributed by atoms with van der Waals surface area (Å²) in [5.74, 6) is -0.398. The summed E-state index contributed by atoms with van der Waals surface area (Å²) in [5, 5.41) is 18.3. The quantitative estimate of drug-likeness (QED) is 0.159. The minimum absolute atomic E-state index is 0.136. The Hall–Kier alpha value is -4.79. The SMILES string of the molecule is Cc1cc(OCCCc2c3n(c4c(-c5c(C)nn(C)c5C)c(Cl)ccc24)[C@H](C)CN(c2cccc4ccc(C(=O)O)cc24)C3=O)cc(C)c1Cl. The summed E-state index contributed by atoms with van der Waals surface area (Å²) < 4.78 is 10.2. The van der Waals surface area contributed by atoms with E-state index in [4.69, 9.17) is 33.0 Å². The number of aryl methyl sites for hydroxylation is 5. The Balaban J connectivity index is 1.38. The summed E-state index contributed by atoms with van der Waals surface area (Å²) in [6.45, 7) is 10.9. The van der Waals surface area contributed by atoms with Crippen molar-refractivity contribution in [1.29, 1.82) is 0 Å². The number of aromatic nitrogens is 3. The lowest BCUT2D eigenvalue weighted by Gasteiger charge is -2.35. The summed E-state index contributed by atoms with van der Waals surface area (Å²) >= 11 is 13.5. The van der Waals surface area contributed by atoms with E-state index in [2.05, 4.69) is 11.5 Å².